The summed E-state index contributed by atoms with van der Waals surface area (Å²) < 4.78 is 22.4. The molecule has 1 N–H and O–H groups in total. The Hall–Kier alpha value is -2.28. The zero-order chi connectivity index (χ0) is 16.7. The van der Waals surface area contributed by atoms with Gasteiger partial charge in [0.15, 0.2) is 17.3 Å². The number of rotatable bonds is 9. The van der Waals surface area contributed by atoms with Crippen molar-refractivity contribution in [2.75, 3.05) is 26.9 Å². The molecule has 0 spiro atoms. The molecule has 126 valence electrons. The third-order valence-electron chi connectivity index (χ3n) is 2.96. The van der Waals surface area contributed by atoms with Gasteiger partial charge >= 0.3 is 0 Å². The summed E-state index contributed by atoms with van der Waals surface area (Å²) in [6, 6.07) is 3.65. The molecule has 0 fully saturated rings. The Morgan fingerprint density at radius 1 is 1.00 bits per heavy atom. The fraction of sp³-hybridized carbons (Fsp3) is 0.500. The van der Waals surface area contributed by atoms with Crippen molar-refractivity contribution in [3.8, 4) is 28.7 Å². The lowest BCUT2D eigenvalue weighted by Crippen LogP contribution is -2.06. The molecule has 23 heavy (non-hydrogen) atoms. The molecule has 1 heterocycles. The summed E-state index contributed by atoms with van der Waals surface area (Å²) in [5.74, 6) is 2.80. The van der Waals surface area contributed by atoms with Crippen LogP contribution in [-0.2, 0) is 6.54 Å². The van der Waals surface area contributed by atoms with Crippen LogP contribution >= 0.6 is 0 Å². The number of ether oxygens (including phenoxy) is 3. The number of nitrogens with zero attached hydrogens (tertiary/aromatic N) is 2. The second kappa shape index (κ2) is 8.38. The molecule has 1 aromatic carbocycles. The van der Waals surface area contributed by atoms with Crippen molar-refractivity contribution in [1.29, 1.82) is 0 Å². The minimum absolute atomic E-state index is 0.417. The molecule has 0 unspecified atom stereocenters. The molecule has 0 atom stereocenters. The van der Waals surface area contributed by atoms with Gasteiger partial charge in [-0.15, -0.1) is 0 Å². The summed E-state index contributed by atoms with van der Waals surface area (Å²) >= 11 is 0. The summed E-state index contributed by atoms with van der Waals surface area (Å²) in [4.78, 5) is 4.36. The summed E-state index contributed by atoms with van der Waals surface area (Å²) in [6.07, 6.45) is 0. The summed E-state index contributed by atoms with van der Waals surface area (Å²) in [5.41, 5.74) is 0.732. The molecule has 0 saturated heterocycles. The van der Waals surface area contributed by atoms with Gasteiger partial charge in [-0.1, -0.05) is 5.16 Å². The van der Waals surface area contributed by atoms with Crippen molar-refractivity contribution in [3.05, 3.63) is 18.0 Å². The monoisotopic (exact) mass is 321 g/mol. The van der Waals surface area contributed by atoms with E-state index < -0.39 is 0 Å². The van der Waals surface area contributed by atoms with Crippen LogP contribution in [0.25, 0.3) is 11.5 Å². The smallest absolute Gasteiger partial charge is 0.258 e. The van der Waals surface area contributed by atoms with Crippen LogP contribution < -0.4 is 19.5 Å². The molecule has 7 heteroatoms. The van der Waals surface area contributed by atoms with E-state index in [4.69, 9.17) is 18.7 Å². The van der Waals surface area contributed by atoms with E-state index in [1.54, 1.807) is 0 Å². The van der Waals surface area contributed by atoms with Crippen LogP contribution in [0, 0.1) is 0 Å². The SMILES string of the molecule is CCOc1cc(-c2nc(CNC)no2)cc(OCC)c1OCC. The van der Waals surface area contributed by atoms with E-state index in [-0.39, 0.29) is 0 Å². The van der Waals surface area contributed by atoms with Gasteiger partial charge in [-0.25, -0.2) is 0 Å². The first-order chi connectivity index (χ1) is 11.2. The van der Waals surface area contributed by atoms with Crippen LogP contribution in [0.15, 0.2) is 16.7 Å². The van der Waals surface area contributed by atoms with Gasteiger partial charge in [0, 0.05) is 5.56 Å². The van der Waals surface area contributed by atoms with Gasteiger partial charge in [0.25, 0.3) is 5.89 Å². The molecular formula is C16H23N3O4. The van der Waals surface area contributed by atoms with Crippen LogP contribution in [0.1, 0.15) is 26.6 Å². The highest BCUT2D eigenvalue weighted by Crippen LogP contribution is 2.41. The minimum atomic E-state index is 0.417. The average molecular weight is 321 g/mol. The summed E-state index contributed by atoms with van der Waals surface area (Å²) in [7, 11) is 1.83. The van der Waals surface area contributed by atoms with E-state index in [1.807, 2.05) is 40.0 Å². The molecule has 2 rings (SSSR count). The van der Waals surface area contributed by atoms with Crippen LogP contribution in [0.5, 0.6) is 17.2 Å². The normalized spacial score (nSPS) is 10.6. The van der Waals surface area contributed by atoms with E-state index in [0.717, 1.165) is 5.56 Å². The highest BCUT2D eigenvalue weighted by molar-refractivity contribution is 5.65. The summed E-state index contributed by atoms with van der Waals surface area (Å²) in [6.45, 7) is 7.85. The molecular weight excluding hydrogens is 298 g/mol. The Morgan fingerprint density at radius 2 is 1.61 bits per heavy atom. The van der Waals surface area contributed by atoms with E-state index in [1.165, 1.54) is 0 Å². The second-order valence-electron chi connectivity index (χ2n) is 4.65. The molecule has 0 aliphatic rings. The molecule has 2 aromatic rings. The number of hydrogen-bond acceptors (Lipinski definition) is 7. The first-order valence-electron chi connectivity index (χ1n) is 7.77. The lowest BCUT2D eigenvalue weighted by molar-refractivity contribution is 0.261. The van der Waals surface area contributed by atoms with Crippen LogP contribution in [-0.4, -0.2) is 37.0 Å². The predicted molar refractivity (Wildman–Crippen MR) is 86.0 cm³/mol. The molecule has 0 radical (unpaired) electrons. The van der Waals surface area contributed by atoms with Crippen molar-refractivity contribution < 1.29 is 18.7 Å². The zero-order valence-electron chi connectivity index (χ0n) is 14.0. The lowest BCUT2D eigenvalue weighted by atomic mass is 10.1. The van der Waals surface area contributed by atoms with Gasteiger partial charge in [-0.2, -0.15) is 4.98 Å². The van der Waals surface area contributed by atoms with Crippen molar-refractivity contribution in [2.24, 2.45) is 0 Å². The van der Waals surface area contributed by atoms with Gasteiger partial charge < -0.3 is 24.1 Å². The Morgan fingerprint density at radius 3 is 2.13 bits per heavy atom. The fourth-order valence-electron chi connectivity index (χ4n) is 2.11. The Bertz CT molecular complexity index is 601. The van der Waals surface area contributed by atoms with Crippen LogP contribution in [0.4, 0.5) is 0 Å². The second-order valence-corrected chi connectivity index (χ2v) is 4.65. The van der Waals surface area contributed by atoms with Gasteiger partial charge in [0.05, 0.1) is 26.4 Å². The molecule has 0 aliphatic heterocycles. The van der Waals surface area contributed by atoms with Gasteiger partial charge in [-0.3, -0.25) is 0 Å². The maximum absolute atomic E-state index is 5.69. The standard InChI is InChI=1S/C16H23N3O4/c1-5-20-12-8-11(16-18-14(10-17-4)19-23-16)9-13(21-6-2)15(12)22-7-3/h8-9,17H,5-7,10H2,1-4H3. The number of nitrogens with one attached hydrogen (secondary N) is 1. The quantitative estimate of drug-likeness (QED) is 0.760. The van der Waals surface area contributed by atoms with Crippen molar-refractivity contribution in [1.82, 2.24) is 15.5 Å². The Kier molecular flexibility index (Phi) is 6.22. The van der Waals surface area contributed by atoms with Crippen molar-refractivity contribution >= 4 is 0 Å². The maximum Gasteiger partial charge on any atom is 0.258 e. The predicted octanol–water partition coefficient (Wildman–Crippen LogP) is 2.65. The molecule has 0 amide bonds. The number of aromatic nitrogens is 2. The number of benzene rings is 1. The first-order valence-corrected chi connectivity index (χ1v) is 7.77. The Balaban J connectivity index is 2.45. The molecule has 1 aromatic heterocycles. The molecule has 0 aliphatic carbocycles. The highest BCUT2D eigenvalue weighted by Gasteiger charge is 2.18. The molecule has 0 bridgehead atoms. The molecule has 7 nitrogen and oxygen atoms in total. The minimum Gasteiger partial charge on any atom is -0.490 e. The lowest BCUT2D eigenvalue weighted by Gasteiger charge is -2.16. The Labute approximate surface area is 135 Å². The van der Waals surface area contributed by atoms with E-state index in [9.17, 15) is 0 Å². The highest BCUT2D eigenvalue weighted by atomic mass is 16.5. The van der Waals surface area contributed by atoms with E-state index >= 15 is 0 Å². The fourth-order valence-corrected chi connectivity index (χ4v) is 2.11. The van der Waals surface area contributed by atoms with Gasteiger partial charge in [0.2, 0.25) is 5.75 Å². The van der Waals surface area contributed by atoms with Crippen molar-refractivity contribution in [3.63, 3.8) is 0 Å². The molecule has 0 saturated carbocycles. The third-order valence-corrected chi connectivity index (χ3v) is 2.96. The topological polar surface area (TPSA) is 78.6 Å². The van der Waals surface area contributed by atoms with Crippen LogP contribution in [0.2, 0.25) is 0 Å². The van der Waals surface area contributed by atoms with E-state index in [2.05, 4.69) is 15.5 Å². The largest absolute Gasteiger partial charge is 0.490 e. The maximum atomic E-state index is 5.69. The van der Waals surface area contributed by atoms with Crippen LogP contribution in [0.3, 0.4) is 0 Å². The summed E-state index contributed by atoms with van der Waals surface area (Å²) in [5, 5.41) is 6.91. The van der Waals surface area contributed by atoms with Gasteiger partial charge in [-0.05, 0) is 40.0 Å². The van der Waals surface area contributed by atoms with Gasteiger partial charge in [0.1, 0.15) is 0 Å². The first kappa shape index (κ1) is 17.1. The number of hydrogen-bond donors (Lipinski definition) is 1. The zero-order valence-corrected chi connectivity index (χ0v) is 14.0. The third kappa shape index (κ3) is 4.13. The van der Waals surface area contributed by atoms with E-state index in [0.29, 0.717) is 55.3 Å². The average Bonchev–Trinajstić information content (AvgIpc) is 3.00. The van der Waals surface area contributed by atoms with Crippen molar-refractivity contribution in [2.45, 2.75) is 27.3 Å².